The number of benzene rings is 2. The Labute approximate surface area is 136 Å². The molecule has 0 saturated carbocycles. The number of nitrogens with zero attached hydrogens (tertiary/aromatic N) is 2. The summed E-state index contributed by atoms with van der Waals surface area (Å²) in [5, 5.41) is 13.7. The maximum absolute atomic E-state index is 12.1. The molecule has 0 unspecified atom stereocenters. The zero-order valence-corrected chi connectivity index (χ0v) is 12.7. The van der Waals surface area contributed by atoms with Gasteiger partial charge >= 0.3 is 5.97 Å². The summed E-state index contributed by atoms with van der Waals surface area (Å²) in [7, 11) is 1.56. The molecule has 0 fully saturated rings. The molecule has 3 rings (SSSR count). The highest BCUT2D eigenvalue weighted by atomic mass is 16.6. The number of esters is 1. The van der Waals surface area contributed by atoms with Crippen LogP contribution in [0.15, 0.2) is 46.9 Å². The summed E-state index contributed by atoms with van der Waals surface area (Å²) in [4.78, 5) is 26.7. The number of nitro benzene ring substituents is 1. The van der Waals surface area contributed by atoms with Crippen molar-refractivity contribution >= 4 is 28.4 Å². The molecule has 0 aliphatic carbocycles. The number of anilines is 1. The van der Waals surface area contributed by atoms with E-state index in [1.807, 2.05) is 12.1 Å². The topological polar surface area (TPSA) is 108 Å². The van der Waals surface area contributed by atoms with E-state index in [0.717, 1.165) is 0 Å². The first-order chi connectivity index (χ1) is 11.6. The van der Waals surface area contributed by atoms with Crippen molar-refractivity contribution in [3.05, 3.63) is 64.0 Å². The Bertz CT molecular complexity index is 886. The Morgan fingerprint density at radius 3 is 2.83 bits per heavy atom. The molecule has 0 bridgehead atoms. The van der Waals surface area contributed by atoms with Crippen molar-refractivity contribution in [3.8, 4) is 0 Å². The number of carbonyl (C=O) groups excluding carboxylic acids is 1. The molecule has 3 aromatic rings. The number of oxazole rings is 1. The molecule has 8 nitrogen and oxygen atoms in total. The summed E-state index contributed by atoms with van der Waals surface area (Å²) in [6, 6.07) is 11.2. The van der Waals surface area contributed by atoms with Gasteiger partial charge in [-0.25, -0.2) is 9.78 Å². The molecule has 0 spiro atoms. The van der Waals surface area contributed by atoms with Crippen LogP contribution in [0.5, 0.6) is 0 Å². The Balaban J connectivity index is 1.75. The summed E-state index contributed by atoms with van der Waals surface area (Å²) in [6.45, 7) is -0.158. The number of hydrogen-bond acceptors (Lipinski definition) is 7. The normalized spacial score (nSPS) is 10.5. The number of nitrogens with one attached hydrogen (secondary N) is 1. The average Bonchev–Trinajstić information content (AvgIpc) is 3.02. The molecule has 1 aromatic heterocycles. The number of aromatic nitrogens is 1. The molecule has 0 saturated heterocycles. The molecule has 0 aliphatic heterocycles. The lowest BCUT2D eigenvalue weighted by molar-refractivity contribution is -0.384. The minimum atomic E-state index is -0.692. The van der Waals surface area contributed by atoms with E-state index in [-0.39, 0.29) is 23.7 Å². The summed E-state index contributed by atoms with van der Waals surface area (Å²) in [5.41, 5.74) is 1.45. The molecule has 1 N–H and O–H groups in total. The number of para-hydroxylation sites is 2. The van der Waals surface area contributed by atoms with Crippen LogP contribution in [0, 0.1) is 10.1 Å². The van der Waals surface area contributed by atoms with Crippen LogP contribution in [0.25, 0.3) is 11.1 Å². The van der Waals surface area contributed by atoms with E-state index in [9.17, 15) is 14.9 Å². The Morgan fingerprint density at radius 1 is 1.33 bits per heavy atom. The number of rotatable bonds is 5. The summed E-state index contributed by atoms with van der Waals surface area (Å²) in [5.74, 6) is -0.436. The SMILES string of the molecule is CNc1ccc(C(=O)OCc2nc3ccccc3o2)cc1[N+](=O)[O-]. The number of nitro groups is 1. The van der Waals surface area contributed by atoms with Crippen LogP contribution in [0.1, 0.15) is 16.2 Å². The van der Waals surface area contributed by atoms with E-state index in [2.05, 4.69) is 10.3 Å². The molecular formula is C16H13N3O5. The van der Waals surface area contributed by atoms with Crippen molar-refractivity contribution in [3.63, 3.8) is 0 Å². The van der Waals surface area contributed by atoms with Gasteiger partial charge in [0.2, 0.25) is 5.89 Å². The van der Waals surface area contributed by atoms with Crippen LogP contribution in [-0.4, -0.2) is 22.9 Å². The molecular weight excluding hydrogens is 314 g/mol. The van der Waals surface area contributed by atoms with Gasteiger partial charge in [0.05, 0.1) is 10.5 Å². The quantitative estimate of drug-likeness (QED) is 0.435. The second kappa shape index (κ2) is 6.37. The van der Waals surface area contributed by atoms with Crippen molar-refractivity contribution in [1.82, 2.24) is 4.98 Å². The number of fused-ring (bicyclic) bond motifs is 1. The predicted octanol–water partition coefficient (Wildman–Crippen LogP) is 3.13. The third-order valence-electron chi connectivity index (χ3n) is 3.36. The summed E-state index contributed by atoms with van der Waals surface area (Å²) >= 11 is 0. The third kappa shape index (κ3) is 3.02. The van der Waals surface area contributed by atoms with Crippen LogP contribution in [0.3, 0.4) is 0 Å². The molecule has 122 valence electrons. The lowest BCUT2D eigenvalue weighted by atomic mass is 10.1. The van der Waals surface area contributed by atoms with Gasteiger partial charge in [-0.2, -0.15) is 0 Å². The highest BCUT2D eigenvalue weighted by Crippen LogP contribution is 2.25. The van der Waals surface area contributed by atoms with Gasteiger partial charge in [0.1, 0.15) is 11.2 Å². The van der Waals surface area contributed by atoms with Gasteiger partial charge in [-0.05, 0) is 24.3 Å². The first-order valence-corrected chi connectivity index (χ1v) is 7.06. The van der Waals surface area contributed by atoms with Crippen molar-refractivity contribution in [2.24, 2.45) is 0 Å². The van der Waals surface area contributed by atoms with E-state index in [1.54, 1.807) is 19.2 Å². The van der Waals surface area contributed by atoms with Gasteiger partial charge in [0, 0.05) is 13.1 Å². The van der Waals surface area contributed by atoms with Gasteiger partial charge < -0.3 is 14.5 Å². The average molecular weight is 327 g/mol. The van der Waals surface area contributed by atoms with E-state index in [4.69, 9.17) is 9.15 Å². The van der Waals surface area contributed by atoms with E-state index >= 15 is 0 Å². The highest BCUT2D eigenvalue weighted by molar-refractivity contribution is 5.91. The Kier molecular flexibility index (Phi) is 4.11. The summed E-state index contributed by atoms with van der Waals surface area (Å²) in [6.07, 6.45) is 0. The van der Waals surface area contributed by atoms with Crippen molar-refractivity contribution in [2.45, 2.75) is 6.61 Å². The maximum Gasteiger partial charge on any atom is 0.338 e. The first-order valence-electron chi connectivity index (χ1n) is 7.06. The minimum Gasteiger partial charge on any atom is -0.452 e. The monoisotopic (exact) mass is 327 g/mol. The first kappa shape index (κ1) is 15.5. The van der Waals surface area contributed by atoms with Crippen molar-refractivity contribution in [1.29, 1.82) is 0 Å². The lowest BCUT2D eigenvalue weighted by Gasteiger charge is -2.05. The molecule has 2 aromatic carbocycles. The second-order valence-corrected chi connectivity index (χ2v) is 4.89. The number of ether oxygens (including phenoxy) is 1. The lowest BCUT2D eigenvalue weighted by Crippen LogP contribution is -2.07. The van der Waals surface area contributed by atoms with Gasteiger partial charge in [-0.15, -0.1) is 0 Å². The molecule has 0 atom stereocenters. The Hall–Kier alpha value is -3.42. The number of carbonyl (C=O) groups is 1. The highest BCUT2D eigenvalue weighted by Gasteiger charge is 2.18. The molecule has 0 radical (unpaired) electrons. The maximum atomic E-state index is 12.1. The van der Waals surface area contributed by atoms with Crippen LogP contribution in [0.2, 0.25) is 0 Å². The number of hydrogen-bond donors (Lipinski definition) is 1. The second-order valence-electron chi connectivity index (χ2n) is 4.89. The molecule has 24 heavy (non-hydrogen) atoms. The Morgan fingerprint density at radius 2 is 2.12 bits per heavy atom. The minimum absolute atomic E-state index is 0.0804. The fourth-order valence-corrected chi connectivity index (χ4v) is 2.21. The summed E-state index contributed by atoms with van der Waals surface area (Å²) < 4.78 is 10.6. The standard InChI is InChI=1S/C16H13N3O5/c1-17-11-7-6-10(8-13(11)19(21)22)16(20)23-9-15-18-12-4-2-3-5-14(12)24-15/h2-8,17H,9H2,1H3. The zero-order chi connectivity index (χ0) is 17.1. The molecule has 0 amide bonds. The fraction of sp³-hybridized carbons (Fsp3) is 0.125. The smallest absolute Gasteiger partial charge is 0.338 e. The van der Waals surface area contributed by atoms with Gasteiger partial charge in [-0.1, -0.05) is 12.1 Å². The molecule has 8 heteroatoms. The molecule has 1 heterocycles. The fourth-order valence-electron chi connectivity index (χ4n) is 2.21. The molecule has 0 aliphatic rings. The van der Waals surface area contributed by atoms with Crippen LogP contribution < -0.4 is 5.32 Å². The zero-order valence-electron chi connectivity index (χ0n) is 12.7. The third-order valence-corrected chi connectivity index (χ3v) is 3.36. The van der Waals surface area contributed by atoms with Crippen molar-refractivity contribution < 1.29 is 18.9 Å². The van der Waals surface area contributed by atoms with E-state index < -0.39 is 10.9 Å². The van der Waals surface area contributed by atoms with Crippen molar-refractivity contribution in [2.75, 3.05) is 12.4 Å². The van der Waals surface area contributed by atoms with E-state index in [1.165, 1.54) is 18.2 Å². The van der Waals surface area contributed by atoms with Gasteiger partial charge in [0.15, 0.2) is 12.2 Å². The predicted molar refractivity (Wildman–Crippen MR) is 85.8 cm³/mol. The van der Waals surface area contributed by atoms with Crippen LogP contribution >= 0.6 is 0 Å². The van der Waals surface area contributed by atoms with Crippen LogP contribution in [-0.2, 0) is 11.3 Å². The van der Waals surface area contributed by atoms with Crippen LogP contribution in [0.4, 0.5) is 11.4 Å². The largest absolute Gasteiger partial charge is 0.452 e. The van der Waals surface area contributed by atoms with Gasteiger partial charge in [-0.3, -0.25) is 10.1 Å². The van der Waals surface area contributed by atoms with E-state index in [0.29, 0.717) is 16.8 Å². The van der Waals surface area contributed by atoms with Gasteiger partial charge in [0.25, 0.3) is 5.69 Å².